The fourth-order valence-corrected chi connectivity index (χ4v) is 11.7. The summed E-state index contributed by atoms with van der Waals surface area (Å²) in [6, 6.07) is 3.51. The van der Waals surface area contributed by atoms with Gasteiger partial charge in [-0.2, -0.15) is 8.78 Å². The van der Waals surface area contributed by atoms with Gasteiger partial charge in [0.15, 0.2) is 10.2 Å². The SMILES string of the molecule is CC(C)(C)C(=O)SCCOP(=O)(OCCSC(=O)C(C)(C)C)C(F)(F)c1ccc2sc(C(=O)N[C@H]3CCCC[C@H]4CC[C@@H](C(=O)N5CC(c6cnc[nH]6)C5)N4C3=O)cc2c1. The summed E-state index contributed by atoms with van der Waals surface area (Å²) in [5.41, 5.74) is -5.20. The molecule has 6 rings (SSSR count). The van der Waals surface area contributed by atoms with Crippen molar-refractivity contribution in [3.05, 3.63) is 52.9 Å². The average molecular weight is 910 g/mol. The maximum absolute atomic E-state index is 16.4. The maximum Gasteiger partial charge on any atom is 0.404 e. The van der Waals surface area contributed by atoms with Crippen molar-refractivity contribution in [3.8, 4) is 0 Å². The highest BCUT2D eigenvalue weighted by Crippen LogP contribution is 2.67. The van der Waals surface area contributed by atoms with Gasteiger partial charge in [-0.15, -0.1) is 11.3 Å². The molecular formula is C41H54F2N5O8PS3. The number of likely N-dealkylation sites (tertiary alicyclic amines) is 1. The maximum atomic E-state index is 16.4. The number of nitrogens with one attached hydrogen (secondary N) is 2. The van der Waals surface area contributed by atoms with Crippen molar-refractivity contribution < 1.29 is 46.4 Å². The van der Waals surface area contributed by atoms with E-state index in [-0.39, 0.29) is 55.8 Å². The van der Waals surface area contributed by atoms with Crippen LogP contribution in [0.15, 0.2) is 36.8 Å². The topological polar surface area (TPSA) is 168 Å². The summed E-state index contributed by atoms with van der Waals surface area (Å²) in [5.74, 6) is -0.842. The van der Waals surface area contributed by atoms with Crippen LogP contribution >= 0.6 is 42.5 Å². The number of thioether (sulfide) groups is 2. The van der Waals surface area contributed by atoms with Crippen molar-refractivity contribution in [1.29, 1.82) is 0 Å². The molecule has 0 unspecified atom stereocenters. The molecule has 0 saturated carbocycles. The molecule has 3 atom stereocenters. The Balaban J connectivity index is 1.14. The van der Waals surface area contributed by atoms with E-state index in [1.165, 1.54) is 12.1 Å². The summed E-state index contributed by atoms with van der Waals surface area (Å²) in [5, 5.41) is 2.80. The minimum Gasteiger partial charge on any atom is -0.348 e. The Bertz CT molecular complexity index is 2080. The molecule has 0 bridgehead atoms. The summed E-state index contributed by atoms with van der Waals surface area (Å²) in [7, 11) is -5.25. The van der Waals surface area contributed by atoms with Gasteiger partial charge in [0, 0.05) is 69.5 Å². The molecule has 2 N–H and O–H groups in total. The molecule has 3 aliphatic heterocycles. The van der Waals surface area contributed by atoms with Gasteiger partial charge in [-0.05, 0) is 49.3 Å². The number of carbonyl (C=O) groups is 5. The monoisotopic (exact) mass is 909 g/mol. The van der Waals surface area contributed by atoms with E-state index in [2.05, 4.69) is 15.3 Å². The van der Waals surface area contributed by atoms with Crippen LogP contribution in [0.2, 0.25) is 0 Å². The molecule has 0 radical (unpaired) electrons. The van der Waals surface area contributed by atoms with Crippen LogP contribution in [0, 0.1) is 10.8 Å². The summed E-state index contributed by atoms with van der Waals surface area (Å²) < 4.78 is 58.1. The lowest BCUT2D eigenvalue weighted by Gasteiger charge is -2.42. The van der Waals surface area contributed by atoms with Gasteiger partial charge in [0.1, 0.15) is 12.1 Å². The molecule has 3 aliphatic rings. The number of halogens is 2. The van der Waals surface area contributed by atoms with E-state index in [9.17, 15) is 28.5 Å². The molecular weight excluding hydrogens is 856 g/mol. The Morgan fingerprint density at radius 2 is 1.57 bits per heavy atom. The van der Waals surface area contributed by atoms with Crippen molar-refractivity contribution in [2.24, 2.45) is 10.8 Å². The Kier molecular flexibility index (Phi) is 14.4. The van der Waals surface area contributed by atoms with Crippen molar-refractivity contribution in [3.63, 3.8) is 0 Å². The Hall–Kier alpha value is -3.15. The third kappa shape index (κ3) is 10.4. The standard InChI is InChI=1S/C41H54F2N5O8PS3/c1-39(2,3)37(52)58-17-15-55-57(54,56-16-18-59-38(53)40(4,5)6)41(42,43)27-11-14-32-25(19-27)20-33(60-32)34(49)46-29-10-8-7-9-28-12-13-31(48(28)35(29)50)36(51)47-22-26(23-47)30-21-44-24-45-30/h11,14,19-21,24,26,28-29,31H,7-10,12-13,15-18,22-23H2,1-6H3,(H,44,45)(H,46,49)/t28-,29-,31-/m0/s1. The Labute approximate surface area is 361 Å². The van der Waals surface area contributed by atoms with Crippen molar-refractivity contribution in [2.45, 2.75) is 110 Å². The Morgan fingerprint density at radius 1 is 0.933 bits per heavy atom. The van der Waals surface area contributed by atoms with E-state index >= 15 is 8.78 Å². The fraction of sp³-hybridized carbons (Fsp3) is 0.610. The number of alkyl halides is 2. The summed E-state index contributed by atoms with van der Waals surface area (Å²) in [6.07, 6.45) is 7.35. The number of H-pyrrole nitrogens is 1. The minimum atomic E-state index is -5.25. The molecule has 3 aromatic rings. The highest BCUT2D eigenvalue weighted by atomic mass is 32.2. The second kappa shape index (κ2) is 18.7. The number of imidazole rings is 1. The quantitative estimate of drug-likeness (QED) is 0.118. The van der Waals surface area contributed by atoms with Crippen LogP contribution in [0.4, 0.5) is 8.78 Å². The van der Waals surface area contributed by atoms with Gasteiger partial charge < -0.3 is 29.1 Å². The Morgan fingerprint density at radius 3 is 2.17 bits per heavy atom. The first-order valence-electron chi connectivity index (χ1n) is 20.3. The van der Waals surface area contributed by atoms with Gasteiger partial charge in [0.25, 0.3) is 5.91 Å². The molecule has 19 heteroatoms. The molecule has 3 amide bonds. The second-order valence-corrected chi connectivity index (χ2v) is 22.9. The molecule has 0 spiro atoms. The van der Waals surface area contributed by atoms with Gasteiger partial charge in [0.2, 0.25) is 11.8 Å². The minimum absolute atomic E-state index is 0.0384. The van der Waals surface area contributed by atoms with Crippen LogP contribution in [-0.4, -0.2) is 104 Å². The second-order valence-electron chi connectivity index (χ2n) is 17.6. The van der Waals surface area contributed by atoms with Gasteiger partial charge in [-0.1, -0.05) is 84.0 Å². The molecule has 328 valence electrons. The van der Waals surface area contributed by atoms with Gasteiger partial charge in [-0.3, -0.25) is 28.5 Å². The molecule has 60 heavy (non-hydrogen) atoms. The van der Waals surface area contributed by atoms with E-state index in [0.717, 1.165) is 65.5 Å². The van der Waals surface area contributed by atoms with Gasteiger partial charge in [0.05, 0.1) is 24.4 Å². The predicted octanol–water partition coefficient (Wildman–Crippen LogP) is 8.17. The molecule has 1 aromatic carbocycles. The number of nitrogens with zero attached hydrogens (tertiary/aromatic N) is 3. The highest BCUT2D eigenvalue weighted by molar-refractivity contribution is 8.14. The van der Waals surface area contributed by atoms with Crippen LogP contribution in [0.1, 0.15) is 107 Å². The number of aromatic amines is 1. The number of thiophene rings is 1. The number of benzene rings is 1. The van der Waals surface area contributed by atoms with Crippen molar-refractivity contribution in [1.82, 2.24) is 25.1 Å². The summed E-state index contributed by atoms with van der Waals surface area (Å²) in [6.45, 7) is 10.5. The third-order valence-electron chi connectivity index (χ3n) is 10.9. The molecule has 5 heterocycles. The fourth-order valence-electron chi connectivity index (χ4n) is 7.41. The first kappa shape index (κ1) is 46.4. The number of rotatable bonds is 14. The van der Waals surface area contributed by atoms with Crippen molar-refractivity contribution in [2.75, 3.05) is 37.8 Å². The number of hydrogen-bond acceptors (Lipinski definition) is 12. The molecule has 13 nitrogen and oxygen atoms in total. The van der Waals surface area contributed by atoms with Crippen LogP contribution in [0.5, 0.6) is 0 Å². The van der Waals surface area contributed by atoms with E-state index in [1.807, 2.05) is 0 Å². The van der Waals surface area contributed by atoms with E-state index in [0.29, 0.717) is 43.5 Å². The van der Waals surface area contributed by atoms with E-state index < -0.39 is 60.9 Å². The van der Waals surface area contributed by atoms with E-state index in [1.54, 1.807) is 63.9 Å². The normalized spacial score (nSPS) is 20.7. The number of hydrogen-bond donors (Lipinski definition) is 2. The highest BCUT2D eigenvalue weighted by Gasteiger charge is 2.55. The van der Waals surface area contributed by atoms with Gasteiger partial charge >= 0.3 is 13.3 Å². The molecule has 0 aliphatic carbocycles. The van der Waals surface area contributed by atoms with Crippen LogP contribution in [0.3, 0.4) is 0 Å². The van der Waals surface area contributed by atoms with Gasteiger partial charge in [-0.25, -0.2) is 4.98 Å². The average Bonchev–Trinajstić information content (AvgIpc) is 3.94. The largest absolute Gasteiger partial charge is 0.404 e. The van der Waals surface area contributed by atoms with E-state index in [4.69, 9.17) is 9.05 Å². The number of fused-ring (bicyclic) bond motifs is 2. The third-order valence-corrected chi connectivity index (χ3v) is 16.5. The first-order valence-corrected chi connectivity index (χ1v) is 24.6. The first-order chi connectivity index (χ1) is 28.2. The molecule has 2 aromatic heterocycles. The lowest BCUT2D eigenvalue weighted by Crippen LogP contribution is -2.59. The smallest absolute Gasteiger partial charge is 0.348 e. The van der Waals surface area contributed by atoms with Crippen LogP contribution in [-0.2, 0) is 38.5 Å². The zero-order valence-electron chi connectivity index (χ0n) is 34.8. The van der Waals surface area contributed by atoms with Crippen LogP contribution in [0.25, 0.3) is 10.1 Å². The summed E-state index contributed by atoms with van der Waals surface area (Å²) >= 11 is 2.83. The van der Waals surface area contributed by atoms with Crippen LogP contribution < -0.4 is 5.32 Å². The number of aromatic nitrogens is 2. The lowest BCUT2D eigenvalue weighted by atomic mass is 9.95. The zero-order chi connectivity index (χ0) is 43.6. The number of amides is 3. The van der Waals surface area contributed by atoms with Crippen molar-refractivity contribution >= 4 is 80.5 Å². The summed E-state index contributed by atoms with van der Waals surface area (Å²) in [4.78, 5) is 77.3. The zero-order valence-corrected chi connectivity index (χ0v) is 38.1. The molecule has 3 fully saturated rings. The predicted molar refractivity (Wildman–Crippen MR) is 230 cm³/mol. The number of carbonyl (C=O) groups excluding carboxylic acids is 5. The molecule has 3 saturated heterocycles. The lowest BCUT2D eigenvalue weighted by molar-refractivity contribution is -0.149.